The quantitative estimate of drug-likeness (QED) is 0.152. The van der Waals surface area contributed by atoms with Gasteiger partial charge in [-0.2, -0.15) is 0 Å². The van der Waals surface area contributed by atoms with Crippen LogP contribution >= 0.6 is 0 Å². The fraction of sp³-hybridized carbons (Fsp3) is 0.655. The van der Waals surface area contributed by atoms with Crippen LogP contribution in [0, 0.1) is 11.8 Å². The molecule has 0 bridgehead atoms. The first-order valence-electron chi connectivity index (χ1n) is 13.7. The minimum atomic E-state index is -2.03. The summed E-state index contributed by atoms with van der Waals surface area (Å²) < 4.78 is 16.6. The van der Waals surface area contributed by atoms with E-state index in [2.05, 4.69) is 5.32 Å². The molecule has 0 fully saturated rings. The Labute approximate surface area is 226 Å². The third kappa shape index (κ3) is 10.8. The van der Waals surface area contributed by atoms with E-state index < -0.39 is 29.6 Å². The lowest BCUT2D eigenvalue weighted by Gasteiger charge is -2.33. The summed E-state index contributed by atoms with van der Waals surface area (Å²) in [5, 5.41) is 13.1. The van der Waals surface area contributed by atoms with Crippen molar-refractivity contribution in [1.82, 2.24) is 5.32 Å². The molecule has 0 saturated carbocycles. The summed E-state index contributed by atoms with van der Waals surface area (Å²) in [6.07, 6.45) is 2.91. The summed E-state index contributed by atoms with van der Waals surface area (Å²) in [5.41, 5.74) is -1.62. The molecule has 0 aliphatic rings. The molecule has 4 atom stereocenters. The van der Waals surface area contributed by atoms with Crippen molar-refractivity contribution < 1.29 is 38.5 Å². The third-order valence-electron chi connectivity index (χ3n) is 6.51. The van der Waals surface area contributed by atoms with E-state index in [9.17, 15) is 24.3 Å². The van der Waals surface area contributed by atoms with Crippen LogP contribution in [0.15, 0.2) is 18.2 Å². The van der Waals surface area contributed by atoms with Gasteiger partial charge in [0.25, 0.3) is 5.72 Å². The summed E-state index contributed by atoms with van der Waals surface area (Å²) in [6, 6.07) is 4.24. The maximum Gasteiger partial charge on any atom is 0.364 e. The highest BCUT2D eigenvalue weighted by atomic mass is 16.6. The van der Waals surface area contributed by atoms with Crippen LogP contribution in [0.25, 0.3) is 0 Å². The Morgan fingerprint density at radius 3 is 1.87 bits per heavy atom. The van der Waals surface area contributed by atoms with E-state index in [1.165, 1.54) is 12.1 Å². The van der Waals surface area contributed by atoms with Crippen LogP contribution in [0.2, 0.25) is 0 Å². The van der Waals surface area contributed by atoms with Crippen molar-refractivity contribution >= 4 is 23.9 Å². The molecule has 1 aromatic carbocycles. The molecule has 0 heterocycles. The summed E-state index contributed by atoms with van der Waals surface area (Å²) in [7, 11) is 0. The number of nitrogens with one attached hydrogen (secondary N) is 1. The molecule has 9 nitrogen and oxygen atoms in total. The summed E-state index contributed by atoms with van der Waals surface area (Å²) in [6.45, 7) is 13.3. The van der Waals surface area contributed by atoms with Crippen molar-refractivity contribution in [1.29, 1.82) is 0 Å². The Hall–Kier alpha value is -2.94. The van der Waals surface area contributed by atoms with Gasteiger partial charge < -0.3 is 19.3 Å². The number of benzene rings is 1. The van der Waals surface area contributed by atoms with E-state index in [0.29, 0.717) is 18.4 Å². The van der Waals surface area contributed by atoms with Crippen LogP contribution in [0.4, 0.5) is 0 Å². The van der Waals surface area contributed by atoms with Gasteiger partial charge in [0.1, 0.15) is 0 Å². The molecule has 0 aliphatic heterocycles. The smallest absolute Gasteiger partial charge is 0.364 e. The Bertz CT molecular complexity index is 947. The van der Waals surface area contributed by atoms with E-state index >= 15 is 0 Å². The fourth-order valence-corrected chi connectivity index (χ4v) is 3.55. The van der Waals surface area contributed by atoms with Gasteiger partial charge >= 0.3 is 23.9 Å². The zero-order valence-electron chi connectivity index (χ0n) is 23.9. The van der Waals surface area contributed by atoms with E-state index in [1.54, 1.807) is 19.9 Å². The van der Waals surface area contributed by atoms with Crippen molar-refractivity contribution in [3.8, 4) is 11.5 Å². The molecule has 1 rings (SSSR count). The molecular formula is C29H45NO8. The molecule has 0 spiro atoms. The highest BCUT2D eigenvalue weighted by Gasteiger charge is 2.44. The van der Waals surface area contributed by atoms with Gasteiger partial charge in [-0.3, -0.25) is 19.7 Å². The number of carboxylic acids is 1. The minimum Gasteiger partial charge on any atom is -0.477 e. The number of aliphatic carboxylic acids is 1. The molecular weight excluding hydrogens is 490 g/mol. The number of rotatable bonds is 17. The summed E-state index contributed by atoms with van der Waals surface area (Å²) in [4.78, 5) is 50.0. The van der Waals surface area contributed by atoms with Crippen molar-refractivity contribution in [3.05, 3.63) is 23.8 Å². The highest BCUT2D eigenvalue weighted by Crippen LogP contribution is 2.32. The molecule has 214 valence electrons. The Balaban J connectivity index is 3.44. The molecule has 3 unspecified atom stereocenters. The van der Waals surface area contributed by atoms with Crippen molar-refractivity contribution in [2.75, 3.05) is 0 Å². The largest absolute Gasteiger partial charge is 0.477 e. The van der Waals surface area contributed by atoms with E-state index in [4.69, 9.17) is 14.2 Å². The van der Waals surface area contributed by atoms with Crippen molar-refractivity contribution in [2.45, 2.75) is 112 Å². The Morgan fingerprint density at radius 2 is 1.39 bits per heavy atom. The van der Waals surface area contributed by atoms with Gasteiger partial charge in [-0.1, -0.05) is 60.5 Å². The zero-order valence-corrected chi connectivity index (χ0v) is 23.9. The first-order valence-corrected chi connectivity index (χ1v) is 13.7. The lowest BCUT2D eigenvalue weighted by molar-refractivity contribution is -0.184. The maximum absolute atomic E-state index is 12.6. The molecule has 0 aliphatic carbocycles. The van der Waals surface area contributed by atoms with Crippen molar-refractivity contribution in [3.63, 3.8) is 0 Å². The topological polar surface area (TPSA) is 128 Å². The number of carbonyl (C=O) groups is 4. The standard InChI is InChI=1S/C29H45NO8/c1-8-12-25(31)38-29(28(34)35,30-21(7)11-4)18-22-13-14-23(36-26(32)15-19(5)9-2)24(17-22)37-27(33)16-20(6)10-3/h13-14,17,19-21,30H,8-12,15-16,18H2,1-7H3,(H,34,35)/t19?,20?,21?,29-/m0/s1. The number of carboxylic acid groups (broad SMARTS) is 1. The van der Waals surface area contributed by atoms with Crippen molar-refractivity contribution in [2.24, 2.45) is 11.8 Å². The molecule has 1 aromatic rings. The Morgan fingerprint density at radius 1 is 0.842 bits per heavy atom. The molecule has 0 amide bonds. The van der Waals surface area contributed by atoms with Crippen LogP contribution in [-0.2, 0) is 30.3 Å². The third-order valence-corrected chi connectivity index (χ3v) is 6.51. The second-order valence-electron chi connectivity index (χ2n) is 10.2. The average Bonchev–Trinajstić information content (AvgIpc) is 2.84. The molecule has 38 heavy (non-hydrogen) atoms. The average molecular weight is 536 g/mol. The SMILES string of the molecule is CCCC(=O)O[C@](Cc1ccc(OC(=O)CC(C)CC)c(OC(=O)CC(C)CC)c1)(NC(C)CC)C(=O)O. The predicted octanol–water partition coefficient (Wildman–Crippen LogP) is 5.42. The van der Waals surface area contributed by atoms with E-state index in [1.807, 2.05) is 34.6 Å². The van der Waals surface area contributed by atoms with Gasteiger partial charge in [0, 0.05) is 31.7 Å². The molecule has 9 heteroatoms. The highest BCUT2D eigenvalue weighted by molar-refractivity contribution is 5.82. The lowest BCUT2D eigenvalue weighted by atomic mass is 10.00. The van der Waals surface area contributed by atoms with E-state index in [0.717, 1.165) is 12.8 Å². The monoisotopic (exact) mass is 535 g/mol. The van der Waals surface area contributed by atoms with Gasteiger partial charge in [-0.25, -0.2) is 4.79 Å². The number of carbonyl (C=O) groups excluding carboxylic acids is 3. The molecule has 0 saturated heterocycles. The first kappa shape index (κ1) is 33.1. The van der Waals surface area contributed by atoms with Crippen LogP contribution in [0.1, 0.15) is 99.0 Å². The number of esters is 3. The minimum absolute atomic E-state index is 0.0102. The molecule has 0 aromatic heterocycles. The number of hydrogen-bond donors (Lipinski definition) is 2. The lowest BCUT2D eigenvalue weighted by Crippen LogP contribution is -2.59. The normalized spacial score (nSPS) is 15.0. The fourth-order valence-electron chi connectivity index (χ4n) is 3.55. The van der Waals surface area contributed by atoms with E-state index in [-0.39, 0.29) is 55.1 Å². The van der Waals surface area contributed by atoms with Gasteiger partial charge in [0.15, 0.2) is 11.5 Å². The second-order valence-corrected chi connectivity index (χ2v) is 10.2. The van der Waals surface area contributed by atoms with Gasteiger partial charge in [-0.05, 0) is 49.3 Å². The van der Waals surface area contributed by atoms with Crippen LogP contribution in [0.5, 0.6) is 11.5 Å². The van der Waals surface area contributed by atoms with Gasteiger partial charge in [-0.15, -0.1) is 0 Å². The Kier molecular flexibility index (Phi) is 14.0. The van der Waals surface area contributed by atoms with Crippen LogP contribution in [-0.4, -0.2) is 40.8 Å². The zero-order chi connectivity index (χ0) is 28.9. The summed E-state index contributed by atoms with van der Waals surface area (Å²) in [5.74, 6) is -2.64. The van der Waals surface area contributed by atoms with Crippen LogP contribution < -0.4 is 14.8 Å². The maximum atomic E-state index is 12.6. The number of hydrogen-bond acceptors (Lipinski definition) is 8. The van der Waals surface area contributed by atoms with Gasteiger partial charge in [0.05, 0.1) is 0 Å². The summed E-state index contributed by atoms with van der Waals surface area (Å²) >= 11 is 0. The molecule has 0 radical (unpaired) electrons. The predicted molar refractivity (Wildman–Crippen MR) is 144 cm³/mol. The first-order chi connectivity index (χ1) is 17.9. The van der Waals surface area contributed by atoms with Crippen LogP contribution in [0.3, 0.4) is 0 Å². The molecule has 2 N–H and O–H groups in total. The van der Waals surface area contributed by atoms with Gasteiger partial charge in [0.2, 0.25) is 0 Å². The number of ether oxygens (including phenoxy) is 3. The second kappa shape index (κ2) is 16.1.